The third-order valence-electron chi connectivity index (χ3n) is 5.05. The van der Waals surface area contributed by atoms with Crippen LogP contribution in [-0.4, -0.2) is 34.4 Å². The van der Waals surface area contributed by atoms with Gasteiger partial charge in [-0.05, 0) is 25.7 Å². The second-order valence-electron chi connectivity index (χ2n) is 6.70. The number of likely N-dealkylation sites (tertiary alicyclic amines) is 1. The highest BCUT2D eigenvalue weighted by atomic mass is 19.3. The van der Waals surface area contributed by atoms with Crippen molar-refractivity contribution in [2.45, 2.75) is 50.5 Å². The normalized spacial score (nSPS) is 24.6. The van der Waals surface area contributed by atoms with Crippen molar-refractivity contribution in [3.63, 3.8) is 0 Å². The molecule has 1 saturated heterocycles. The molecule has 1 saturated carbocycles. The first-order valence-electron chi connectivity index (χ1n) is 8.12. The zero-order chi connectivity index (χ0) is 17.5. The molecule has 0 bridgehead atoms. The Kier molecular flexibility index (Phi) is 4.44. The summed E-state index contributed by atoms with van der Waals surface area (Å²) < 4.78 is 54.1. The molecule has 1 aromatic carbocycles. The number of carbonyl (C=O) groups is 1. The third kappa shape index (κ3) is 3.35. The maximum absolute atomic E-state index is 13.8. The van der Waals surface area contributed by atoms with E-state index in [1.807, 2.05) is 0 Å². The molecule has 2 aliphatic rings. The lowest BCUT2D eigenvalue weighted by Crippen LogP contribution is -2.42. The maximum Gasteiger partial charge on any atom is 0.248 e. The predicted molar refractivity (Wildman–Crippen MR) is 78.7 cm³/mol. The van der Waals surface area contributed by atoms with Gasteiger partial charge in [-0.2, -0.15) is 0 Å². The molecule has 0 radical (unpaired) electrons. The van der Waals surface area contributed by atoms with Crippen molar-refractivity contribution in [3.05, 3.63) is 29.3 Å². The largest absolute Gasteiger partial charge is 0.508 e. The molecule has 1 heterocycles. The molecule has 0 aromatic heterocycles. The van der Waals surface area contributed by atoms with Crippen LogP contribution in [0.3, 0.4) is 0 Å². The number of hydrogen-bond donors (Lipinski definition) is 1. The monoisotopic (exact) mass is 345 g/mol. The van der Waals surface area contributed by atoms with Crippen molar-refractivity contribution in [1.82, 2.24) is 4.90 Å². The van der Waals surface area contributed by atoms with Gasteiger partial charge in [-0.1, -0.05) is 0 Å². The van der Waals surface area contributed by atoms with Crippen LogP contribution >= 0.6 is 0 Å². The van der Waals surface area contributed by atoms with Crippen molar-refractivity contribution >= 4 is 5.91 Å². The number of halogens is 4. The van der Waals surface area contributed by atoms with Gasteiger partial charge in [0, 0.05) is 49.0 Å². The van der Waals surface area contributed by atoms with E-state index in [9.17, 15) is 22.4 Å². The van der Waals surface area contributed by atoms with E-state index in [4.69, 9.17) is 5.11 Å². The molecule has 3 nitrogen and oxygen atoms in total. The third-order valence-corrected chi connectivity index (χ3v) is 5.05. The number of alkyl halides is 2. The van der Waals surface area contributed by atoms with E-state index >= 15 is 0 Å². The number of rotatable bonds is 3. The summed E-state index contributed by atoms with van der Waals surface area (Å²) in [6, 6.07) is 1.43. The molecule has 1 unspecified atom stereocenters. The van der Waals surface area contributed by atoms with Crippen LogP contribution in [0.4, 0.5) is 17.6 Å². The minimum Gasteiger partial charge on any atom is -0.508 e. The molecule has 1 aliphatic carbocycles. The summed E-state index contributed by atoms with van der Waals surface area (Å²) in [7, 11) is 0. The highest BCUT2D eigenvalue weighted by Crippen LogP contribution is 2.37. The van der Waals surface area contributed by atoms with Gasteiger partial charge in [0.05, 0.1) is 0 Å². The zero-order valence-corrected chi connectivity index (χ0v) is 13.1. The van der Waals surface area contributed by atoms with E-state index in [1.165, 1.54) is 0 Å². The van der Waals surface area contributed by atoms with Crippen molar-refractivity contribution < 1.29 is 27.5 Å². The number of nitrogens with zero attached hydrogens (tertiary/aromatic N) is 1. The second-order valence-corrected chi connectivity index (χ2v) is 6.70. The Balaban J connectivity index is 1.67. The molecule has 1 N–H and O–H groups in total. The molecule has 3 rings (SSSR count). The molecule has 24 heavy (non-hydrogen) atoms. The average Bonchev–Trinajstić information content (AvgIpc) is 2.84. The van der Waals surface area contributed by atoms with Gasteiger partial charge in [-0.3, -0.25) is 4.79 Å². The Morgan fingerprint density at radius 3 is 2.29 bits per heavy atom. The van der Waals surface area contributed by atoms with Crippen molar-refractivity contribution in [1.29, 1.82) is 0 Å². The van der Waals surface area contributed by atoms with Gasteiger partial charge in [0.15, 0.2) is 0 Å². The quantitative estimate of drug-likeness (QED) is 0.850. The van der Waals surface area contributed by atoms with E-state index in [1.54, 1.807) is 4.90 Å². The van der Waals surface area contributed by atoms with E-state index in [-0.39, 0.29) is 49.6 Å². The van der Waals surface area contributed by atoms with Crippen LogP contribution in [0.1, 0.15) is 37.7 Å². The summed E-state index contributed by atoms with van der Waals surface area (Å²) in [5.74, 6) is -5.70. The molecular formula is C17H19F4NO2. The minimum atomic E-state index is -2.66. The number of benzene rings is 1. The molecule has 1 atom stereocenters. The van der Waals surface area contributed by atoms with Gasteiger partial charge in [-0.25, -0.2) is 17.6 Å². The summed E-state index contributed by atoms with van der Waals surface area (Å²) in [5, 5.41) is 9.17. The summed E-state index contributed by atoms with van der Waals surface area (Å²) in [4.78, 5) is 14.1. The van der Waals surface area contributed by atoms with Gasteiger partial charge in [0.25, 0.3) is 0 Å². The maximum atomic E-state index is 13.8. The number of amides is 1. The number of phenols is 1. The van der Waals surface area contributed by atoms with Gasteiger partial charge in [-0.15, -0.1) is 0 Å². The van der Waals surface area contributed by atoms with Gasteiger partial charge in [0.2, 0.25) is 11.8 Å². The van der Waals surface area contributed by atoms with Crippen molar-refractivity contribution in [3.8, 4) is 5.75 Å². The number of phenolic OH excluding ortho intramolecular Hbond substituents is 1. The minimum absolute atomic E-state index is 0.0871. The molecule has 2 fully saturated rings. The first-order valence-corrected chi connectivity index (χ1v) is 8.12. The Morgan fingerprint density at radius 1 is 1.12 bits per heavy atom. The number of aromatic hydroxyl groups is 1. The van der Waals surface area contributed by atoms with Crippen LogP contribution in [0.2, 0.25) is 0 Å². The first kappa shape index (κ1) is 17.0. The molecule has 0 spiro atoms. The average molecular weight is 345 g/mol. The summed E-state index contributed by atoms with van der Waals surface area (Å²) in [6.07, 6.45) is 0.420. The number of hydrogen-bond acceptors (Lipinski definition) is 2. The fourth-order valence-electron chi connectivity index (χ4n) is 3.68. The molecule has 132 valence electrons. The second kappa shape index (κ2) is 6.26. The zero-order valence-electron chi connectivity index (χ0n) is 13.1. The van der Waals surface area contributed by atoms with E-state index in [0.717, 1.165) is 12.1 Å². The van der Waals surface area contributed by atoms with Gasteiger partial charge >= 0.3 is 0 Å². The molecule has 1 amide bonds. The Hall–Kier alpha value is -1.79. The van der Waals surface area contributed by atoms with Crippen molar-refractivity contribution in [2.75, 3.05) is 6.54 Å². The summed E-state index contributed by atoms with van der Waals surface area (Å²) in [5.41, 5.74) is -0.219. The molecular weight excluding hydrogens is 326 g/mol. The van der Waals surface area contributed by atoms with E-state index in [2.05, 4.69) is 0 Å². The first-order chi connectivity index (χ1) is 11.3. The summed E-state index contributed by atoms with van der Waals surface area (Å²) in [6.45, 7) is 0.432. The lowest BCUT2D eigenvalue weighted by atomic mass is 9.91. The van der Waals surface area contributed by atoms with Crippen LogP contribution in [0, 0.1) is 17.6 Å². The lowest BCUT2D eigenvalue weighted by Gasteiger charge is -2.34. The SMILES string of the molecule is O=C1C(Cc2c(F)cc(O)cc2F)CCN1C1CCC(F)(F)CC1. The highest BCUT2D eigenvalue weighted by molar-refractivity contribution is 5.81. The number of carbonyl (C=O) groups excluding carboxylic acids is 1. The topological polar surface area (TPSA) is 40.5 Å². The lowest BCUT2D eigenvalue weighted by molar-refractivity contribution is -0.135. The fourth-order valence-corrected chi connectivity index (χ4v) is 3.68. The smallest absolute Gasteiger partial charge is 0.248 e. The van der Waals surface area contributed by atoms with Gasteiger partial charge in [0.1, 0.15) is 17.4 Å². The van der Waals surface area contributed by atoms with E-state index in [0.29, 0.717) is 13.0 Å². The van der Waals surface area contributed by atoms with Crippen molar-refractivity contribution in [2.24, 2.45) is 5.92 Å². The summed E-state index contributed by atoms with van der Waals surface area (Å²) >= 11 is 0. The fraction of sp³-hybridized carbons (Fsp3) is 0.588. The van der Waals surface area contributed by atoms with Crippen LogP contribution < -0.4 is 0 Å². The van der Waals surface area contributed by atoms with E-state index < -0.39 is 29.2 Å². The predicted octanol–water partition coefficient (Wildman–Crippen LogP) is 3.64. The van der Waals surface area contributed by atoms with Crippen LogP contribution in [0.5, 0.6) is 5.75 Å². The standard InChI is InChI=1S/C17H19F4NO2/c18-14-8-12(23)9-15(19)13(14)7-10-3-6-22(16(10)24)11-1-4-17(20,21)5-2-11/h8-11,23H,1-7H2. The Morgan fingerprint density at radius 2 is 1.71 bits per heavy atom. The molecule has 1 aromatic rings. The Labute approximate surface area is 137 Å². The molecule has 1 aliphatic heterocycles. The van der Waals surface area contributed by atoms with Crippen LogP contribution in [0.25, 0.3) is 0 Å². The highest BCUT2D eigenvalue weighted by Gasteiger charge is 2.42. The van der Waals surface area contributed by atoms with Crippen LogP contribution in [0.15, 0.2) is 12.1 Å². The molecule has 7 heteroatoms. The van der Waals surface area contributed by atoms with Gasteiger partial charge < -0.3 is 10.0 Å². The van der Waals surface area contributed by atoms with Crippen LogP contribution in [-0.2, 0) is 11.2 Å². The Bertz CT molecular complexity index is 616.